The van der Waals surface area contributed by atoms with Crippen LogP contribution in [0.4, 0.5) is 19.0 Å². The molecule has 4 N–H and O–H groups in total. The third-order valence-corrected chi connectivity index (χ3v) is 8.76. The molecule has 0 bridgehead atoms. The van der Waals surface area contributed by atoms with Crippen molar-refractivity contribution in [2.45, 2.75) is 88.9 Å². The van der Waals surface area contributed by atoms with Crippen molar-refractivity contribution in [2.24, 2.45) is 5.92 Å². The molecule has 1 aliphatic carbocycles. The van der Waals surface area contributed by atoms with Crippen LogP contribution in [0.5, 0.6) is 0 Å². The number of H-pyrrole nitrogens is 1. The molecule has 3 atom stereocenters. The van der Waals surface area contributed by atoms with Gasteiger partial charge in [-0.2, -0.15) is 13.2 Å². The number of aromatic amines is 1. The molecule has 1 aromatic carbocycles. The lowest BCUT2D eigenvalue weighted by molar-refractivity contribution is -0.163. The molecular formula is C30H38F3N7O2. The molecule has 9 nitrogen and oxygen atoms in total. The Kier molecular flexibility index (Phi) is 7.43. The number of halogens is 3. The molecule has 6 rings (SSSR count). The number of fused-ring (bicyclic) bond motifs is 2. The highest BCUT2D eigenvalue weighted by Crippen LogP contribution is 2.39. The van der Waals surface area contributed by atoms with Gasteiger partial charge in [0.2, 0.25) is 0 Å². The summed E-state index contributed by atoms with van der Waals surface area (Å²) in [7, 11) is 0. The Hall–Kier alpha value is -3.22. The largest absolute Gasteiger partial charge is 0.401 e. The van der Waals surface area contributed by atoms with Crippen molar-refractivity contribution in [3.63, 3.8) is 0 Å². The maximum Gasteiger partial charge on any atom is 0.401 e. The van der Waals surface area contributed by atoms with Crippen LogP contribution in [0.1, 0.15) is 64.1 Å². The van der Waals surface area contributed by atoms with Gasteiger partial charge in [0.15, 0.2) is 0 Å². The number of hydrogen-bond acceptors (Lipinski definition) is 7. The van der Waals surface area contributed by atoms with E-state index in [0.717, 1.165) is 29.7 Å². The van der Waals surface area contributed by atoms with E-state index in [4.69, 9.17) is 15.5 Å². The standard InChI is InChI=1S/C30H38F3N7O2/c1-29(2,3)18-5-6-21-22(12-18)38-25(37-21)7-4-17-10-19(11-17)39(15-30(31,32)33)14-24-23(41)13-26(42-24)40-9-8-20-27(34)35-16-36-28(20)40/h5-6,8-9,12,16-17,19,23-24,26,41H,4,7,10-11,13-15H2,1-3H3,(H,37,38)(H2,34,35,36)/t17?,19?,23-,24+,26+/m0/s1. The van der Waals surface area contributed by atoms with E-state index in [0.29, 0.717) is 35.6 Å². The van der Waals surface area contributed by atoms with Crippen molar-refractivity contribution in [1.82, 2.24) is 29.4 Å². The summed E-state index contributed by atoms with van der Waals surface area (Å²) >= 11 is 0. The minimum atomic E-state index is -4.35. The molecule has 4 aromatic rings. The second-order valence-corrected chi connectivity index (χ2v) is 12.9. The zero-order chi connectivity index (χ0) is 29.8. The van der Waals surface area contributed by atoms with Gasteiger partial charge in [-0.05, 0) is 54.4 Å². The highest BCUT2D eigenvalue weighted by atomic mass is 19.4. The highest BCUT2D eigenvalue weighted by Gasteiger charge is 2.43. The van der Waals surface area contributed by atoms with Crippen molar-refractivity contribution >= 4 is 27.9 Å². The summed E-state index contributed by atoms with van der Waals surface area (Å²) in [6.07, 6.45) is -0.227. The Morgan fingerprint density at radius 2 is 1.93 bits per heavy atom. The number of ether oxygens (including phenoxy) is 1. The van der Waals surface area contributed by atoms with Crippen molar-refractivity contribution in [3.05, 3.63) is 48.2 Å². The average molecular weight is 586 g/mol. The fourth-order valence-corrected chi connectivity index (χ4v) is 6.30. The number of aromatic nitrogens is 5. The van der Waals surface area contributed by atoms with Gasteiger partial charge < -0.3 is 25.1 Å². The Morgan fingerprint density at radius 1 is 1.14 bits per heavy atom. The van der Waals surface area contributed by atoms with Gasteiger partial charge in [0, 0.05) is 31.6 Å². The first-order valence-corrected chi connectivity index (χ1v) is 14.5. The molecule has 0 amide bonds. The fraction of sp³-hybridized carbons (Fsp3) is 0.567. The molecule has 12 heteroatoms. The maximum atomic E-state index is 13.6. The van der Waals surface area contributed by atoms with Crippen molar-refractivity contribution in [2.75, 3.05) is 18.8 Å². The second kappa shape index (κ2) is 10.8. The molecule has 1 saturated carbocycles. The highest BCUT2D eigenvalue weighted by molar-refractivity contribution is 5.86. The number of imidazole rings is 1. The van der Waals surface area contributed by atoms with Crippen LogP contribution in [0.15, 0.2) is 36.8 Å². The minimum absolute atomic E-state index is 0.00453. The van der Waals surface area contributed by atoms with Crippen LogP contribution in [-0.4, -0.2) is 72.0 Å². The predicted molar refractivity (Wildman–Crippen MR) is 154 cm³/mol. The second-order valence-electron chi connectivity index (χ2n) is 12.9. The number of nitrogens with one attached hydrogen (secondary N) is 1. The molecule has 226 valence electrons. The van der Waals surface area contributed by atoms with Crippen molar-refractivity contribution in [1.29, 1.82) is 0 Å². The number of aliphatic hydroxyl groups is 1. The van der Waals surface area contributed by atoms with Crippen LogP contribution in [-0.2, 0) is 16.6 Å². The molecule has 0 spiro atoms. The number of aliphatic hydroxyl groups excluding tert-OH is 1. The summed E-state index contributed by atoms with van der Waals surface area (Å²) in [6, 6.07) is 7.85. The normalized spacial score (nSPS) is 25.1. The number of alkyl halides is 3. The summed E-state index contributed by atoms with van der Waals surface area (Å²) in [5.74, 6) is 1.56. The maximum absolute atomic E-state index is 13.6. The molecule has 0 unspecified atom stereocenters. The van der Waals surface area contributed by atoms with E-state index in [9.17, 15) is 18.3 Å². The van der Waals surface area contributed by atoms with E-state index < -0.39 is 31.2 Å². The number of nitrogens with zero attached hydrogens (tertiary/aromatic N) is 5. The number of nitrogen functional groups attached to an aromatic ring is 1. The van der Waals surface area contributed by atoms with E-state index >= 15 is 0 Å². The lowest BCUT2D eigenvalue weighted by Gasteiger charge is -2.44. The predicted octanol–water partition coefficient (Wildman–Crippen LogP) is 5.11. The van der Waals surface area contributed by atoms with E-state index in [1.807, 2.05) is 6.07 Å². The van der Waals surface area contributed by atoms with Gasteiger partial charge in [-0.25, -0.2) is 15.0 Å². The molecular weight excluding hydrogens is 547 g/mol. The van der Waals surface area contributed by atoms with Crippen molar-refractivity contribution in [3.8, 4) is 0 Å². The molecule has 0 radical (unpaired) electrons. The van der Waals surface area contributed by atoms with Gasteiger partial charge in [-0.1, -0.05) is 26.8 Å². The number of nitrogens with two attached hydrogens (primary N) is 1. The van der Waals surface area contributed by atoms with Crippen LogP contribution in [0.2, 0.25) is 0 Å². The van der Waals surface area contributed by atoms with Crippen LogP contribution in [0.3, 0.4) is 0 Å². The first-order chi connectivity index (χ1) is 19.8. The number of rotatable bonds is 8. The fourth-order valence-electron chi connectivity index (χ4n) is 6.30. The van der Waals surface area contributed by atoms with Crippen LogP contribution >= 0.6 is 0 Å². The Morgan fingerprint density at radius 3 is 2.67 bits per heavy atom. The lowest BCUT2D eigenvalue weighted by Crippen LogP contribution is -2.52. The number of benzene rings is 1. The monoisotopic (exact) mass is 585 g/mol. The molecule has 1 aliphatic heterocycles. The Bertz CT molecular complexity index is 1550. The zero-order valence-corrected chi connectivity index (χ0v) is 24.1. The molecule has 2 aliphatic rings. The SMILES string of the molecule is CC(C)(C)c1ccc2nc(CCC3CC(N(C[C@H]4O[C@@H](n5ccc6c(N)ncnc65)C[C@@H]4O)CC(F)(F)F)C3)[nH]c2c1. The summed E-state index contributed by atoms with van der Waals surface area (Å²) in [5, 5.41) is 11.4. The van der Waals surface area contributed by atoms with E-state index in [1.165, 1.54) is 16.8 Å². The zero-order valence-electron chi connectivity index (χ0n) is 24.1. The molecule has 1 saturated heterocycles. The Balaban J connectivity index is 1.06. The summed E-state index contributed by atoms with van der Waals surface area (Å²) < 4.78 is 48.6. The van der Waals surface area contributed by atoms with Gasteiger partial charge >= 0.3 is 6.18 Å². The summed E-state index contributed by atoms with van der Waals surface area (Å²) in [5.41, 5.74) is 9.72. The average Bonchev–Trinajstić information content (AvgIpc) is 3.58. The molecule has 2 fully saturated rings. The van der Waals surface area contributed by atoms with E-state index in [-0.39, 0.29) is 24.4 Å². The summed E-state index contributed by atoms with van der Waals surface area (Å²) in [6.45, 7) is 5.50. The lowest BCUT2D eigenvalue weighted by atomic mass is 9.76. The minimum Gasteiger partial charge on any atom is -0.390 e. The van der Waals surface area contributed by atoms with Crippen LogP contribution in [0.25, 0.3) is 22.1 Å². The van der Waals surface area contributed by atoms with E-state index in [2.05, 4.69) is 47.9 Å². The van der Waals surface area contributed by atoms with Gasteiger partial charge in [0.25, 0.3) is 0 Å². The van der Waals surface area contributed by atoms with Crippen LogP contribution < -0.4 is 5.73 Å². The Labute approximate surface area is 242 Å². The third-order valence-electron chi connectivity index (χ3n) is 8.76. The smallest absolute Gasteiger partial charge is 0.390 e. The van der Waals surface area contributed by atoms with Gasteiger partial charge in [-0.15, -0.1) is 0 Å². The topological polar surface area (TPSA) is 118 Å². The third kappa shape index (κ3) is 5.97. The molecule has 3 aromatic heterocycles. The van der Waals surface area contributed by atoms with Crippen LogP contribution in [0, 0.1) is 5.92 Å². The number of aryl methyl sites for hydroxylation is 1. The number of hydrogen-bond donors (Lipinski definition) is 3. The molecule has 42 heavy (non-hydrogen) atoms. The quantitative estimate of drug-likeness (QED) is 0.263. The first-order valence-electron chi connectivity index (χ1n) is 14.5. The van der Waals surface area contributed by atoms with Gasteiger partial charge in [0.1, 0.15) is 29.8 Å². The summed E-state index contributed by atoms with van der Waals surface area (Å²) in [4.78, 5) is 17.9. The van der Waals surface area contributed by atoms with Gasteiger partial charge in [-0.3, -0.25) is 4.90 Å². The first kappa shape index (κ1) is 28.9. The van der Waals surface area contributed by atoms with Gasteiger partial charge in [0.05, 0.1) is 35.2 Å². The van der Waals surface area contributed by atoms with Crippen molar-refractivity contribution < 1.29 is 23.0 Å². The number of anilines is 1. The van der Waals surface area contributed by atoms with E-state index in [1.54, 1.807) is 16.8 Å². The molecule has 4 heterocycles.